The first-order chi connectivity index (χ1) is 21.4. The fourth-order valence-electron chi connectivity index (χ4n) is 7.52. The monoisotopic (exact) mass is 640 g/mol. The summed E-state index contributed by atoms with van der Waals surface area (Å²) in [5.74, 6) is 1.21. The van der Waals surface area contributed by atoms with Crippen molar-refractivity contribution in [1.82, 2.24) is 4.72 Å². The molecular weight excluding hydrogens is 596 g/mol. The second-order valence-electron chi connectivity index (χ2n) is 12.8. The number of amides is 1. The number of anilines is 1. The third-order valence-electron chi connectivity index (χ3n) is 10.1. The highest BCUT2D eigenvalue weighted by atomic mass is 35.5. The summed E-state index contributed by atoms with van der Waals surface area (Å²) < 4.78 is 21.1. The van der Waals surface area contributed by atoms with E-state index in [0.29, 0.717) is 37.7 Å². The first-order valence-corrected chi connectivity index (χ1v) is 17.4. The van der Waals surface area contributed by atoms with Gasteiger partial charge in [-0.3, -0.25) is 9.52 Å². The molecule has 2 aromatic rings. The molecule has 238 valence electrons. The lowest BCUT2D eigenvalue weighted by molar-refractivity contribution is 0.0168. The molecule has 2 heterocycles. The number of fused-ring (bicyclic) bond motifs is 4. The van der Waals surface area contributed by atoms with Crippen LogP contribution in [0.15, 0.2) is 48.6 Å². The highest BCUT2D eigenvalue weighted by molar-refractivity contribution is 7.98. The Morgan fingerprint density at radius 2 is 2.09 bits per heavy atom. The van der Waals surface area contributed by atoms with Crippen molar-refractivity contribution in [1.29, 1.82) is 0 Å². The quantitative estimate of drug-likeness (QED) is 0.224. The van der Waals surface area contributed by atoms with Gasteiger partial charge in [-0.1, -0.05) is 36.7 Å². The number of carbonyl (C=O) groups excluding carboxylic acids is 1. The van der Waals surface area contributed by atoms with Crippen LogP contribution in [0.25, 0.3) is 0 Å². The Bertz CT molecular complexity index is 1360. The average molecular weight is 641 g/mol. The van der Waals surface area contributed by atoms with E-state index >= 15 is 0 Å². The van der Waals surface area contributed by atoms with Crippen molar-refractivity contribution in [2.45, 2.75) is 74.7 Å². The van der Waals surface area contributed by atoms with E-state index in [-0.39, 0.29) is 28.6 Å². The number of aryl methyl sites for hydroxylation is 1. The minimum absolute atomic E-state index is 0.0438. The highest BCUT2D eigenvalue weighted by Crippen LogP contribution is 2.46. The summed E-state index contributed by atoms with van der Waals surface area (Å²) in [6, 6.07) is 12.1. The van der Waals surface area contributed by atoms with Crippen LogP contribution in [0.1, 0.15) is 66.9 Å². The van der Waals surface area contributed by atoms with E-state index in [2.05, 4.69) is 34.8 Å². The smallest absolute Gasteiger partial charge is 0.261 e. The molecule has 0 unspecified atom stereocenters. The zero-order valence-electron chi connectivity index (χ0n) is 25.8. The Balaban J connectivity index is 1.34. The van der Waals surface area contributed by atoms with Gasteiger partial charge in [0, 0.05) is 36.2 Å². The minimum atomic E-state index is -0.505. The van der Waals surface area contributed by atoms with Gasteiger partial charge in [0.15, 0.2) is 0 Å². The number of ether oxygens (including phenoxy) is 3. The number of carbonyl (C=O) groups is 1. The van der Waals surface area contributed by atoms with E-state index in [1.165, 1.54) is 23.1 Å². The molecule has 2 aliphatic carbocycles. The first kappa shape index (κ1) is 31.7. The summed E-state index contributed by atoms with van der Waals surface area (Å²) in [7, 11) is 1.66. The van der Waals surface area contributed by atoms with Crippen LogP contribution in [0, 0.1) is 11.8 Å². The lowest BCUT2D eigenvalue weighted by Crippen LogP contribution is -2.49. The fraction of sp³-hybridized carbons (Fsp3) is 0.571. The number of nitrogens with one attached hydrogen (secondary N) is 1. The molecule has 2 aliphatic heterocycles. The van der Waals surface area contributed by atoms with Crippen molar-refractivity contribution >= 4 is 35.1 Å². The lowest BCUT2D eigenvalue weighted by atomic mass is 9.68. The van der Waals surface area contributed by atoms with Crippen molar-refractivity contribution in [2.24, 2.45) is 11.8 Å². The predicted molar refractivity (Wildman–Crippen MR) is 177 cm³/mol. The van der Waals surface area contributed by atoms with Gasteiger partial charge >= 0.3 is 0 Å². The number of hydrogen-bond donors (Lipinski definition) is 2. The average Bonchev–Trinajstić information content (AvgIpc) is 3.15. The highest BCUT2D eigenvalue weighted by Gasteiger charge is 2.44. The first-order valence-electron chi connectivity index (χ1n) is 16.1. The van der Waals surface area contributed by atoms with Crippen LogP contribution in [-0.4, -0.2) is 68.5 Å². The number of nitrogens with zero attached hydrogens (tertiary/aromatic N) is 1. The van der Waals surface area contributed by atoms with Crippen LogP contribution < -0.4 is 14.4 Å². The largest absolute Gasteiger partial charge is 0.490 e. The molecule has 1 amide bonds. The maximum Gasteiger partial charge on any atom is 0.261 e. The standard InChI is InChI=1S/C35H45ClN2O5S/c1-3-33-32(42-17-16-41-2)8-4-7-30(39)27-12-9-25(27)20-38-21-35(15-5-6-23-18-26(36)11-13-28(23)35)22-43-31-14-10-24(19-29(31)38)34(40)37-44-33/h4,7,10-11,13-14,18-19,25,27,30,32-33,39H,3,5-6,8-9,12,15-17,20-22H2,1-2H3,(H,37,40)/b7-4-/t25-,27+,30-,32+,33+,35-/m0/s1. The lowest BCUT2D eigenvalue weighted by Gasteiger charge is -2.45. The molecule has 6 rings (SSSR count). The maximum absolute atomic E-state index is 13.6. The Morgan fingerprint density at radius 3 is 2.89 bits per heavy atom. The zero-order chi connectivity index (χ0) is 30.7. The Morgan fingerprint density at radius 1 is 1.20 bits per heavy atom. The van der Waals surface area contributed by atoms with E-state index in [4.69, 9.17) is 25.8 Å². The van der Waals surface area contributed by atoms with E-state index < -0.39 is 6.10 Å². The van der Waals surface area contributed by atoms with Gasteiger partial charge in [0.1, 0.15) is 5.75 Å². The summed E-state index contributed by atoms with van der Waals surface area (Å²) in [5.41, 5.74) is 4.02. The maximum atomic E-state index is 13.6. The Hall–Kier alpha value is -2.23. The van der Waals surface area contributed by atoms with E-state index in [0.717, 1.165) is 68.1 Å². The number of aliphatic hydroxyl groups excluding tert-OH is 1. The molecule has 1 saturated carbocycles. The van der Waals surface area contributed by atoms with Crippen molar-refractivity contribution in [3.05, 3.63) is 70.3 Å². The zero-order valence-corrected chi connectivity index (χ0v) is 27.4. The molecule has 1 fully saturated rings. The number of halogens is 1. The number of aliphatic hydroxyl groups is 1. The topological polar surface area (TPSA) is 80.3 Å². The van der Waals surface area contributed by atoms with E-state index in [1.54, 1.807) is 7.11 Å². The second-order valence-corrected chi connectivity index (χ2v) is 14.3. The molecule has 7 nitrogen and oxygen atoms in total. The number of benzene rings is 2. The minimum Gasteiger partial charge on any atom is -0.490 e. The van der Waals surface area contributed by atoms with Crippen LogP contribution >= 0.6 is 23.5 Å². The summed E-state index contributed by atoms with van der Waals surface area (Å²) in [5, 5.41) is 12.1. The molecule has 1 spiro atoms. The van der Waals surface area contributed by atoms with Crippen molar-refractivity contribution in [2.75, 3.05) is 44.9 Å². The van der Waals surface area contributed by atoms with Crippen LogP contribution in [0.2, 0.25) is 5.02 Å². The third-order valence-corrected chi connectivity index (χ3v) is 11.6. The molecule has 0 radical (unpaired) electrons. The Labute approximate surface area is 270 Å². The van der Waals surface area contributed by atoms with E-state index in [1.807, 2.05) is 30.3 Å². The van der Waals surface area contributed by atoms with Gasteiger partial charge in [-0.05, 0) is 110 Å². The third kappa shape index (κ3) is 6.66. The molecule has 0 aromatic heterocycles. The molecule has 44 heavy (non-hydrogen) atoms. The number of hydrogen-bond acceptors (Lipinski definition) is 7. The molecule has 0 saturated heterocycles. The molecule has 4 aliphatic rings. The van der Waals surface area contributed by atoms with Crippen LogP contribution in [0.3, 0.4) is 0 Å². The molecule has 2 bridgehead atoms. The van der Waals surface area contributed by atoms with Gasteiger partial charge in [-0.25, -0.2) is 0 Å². The second kappa shape index (κ2) is 14.0. The number of rotatable bonds is 5. The van der Waals surface area contributed by atoms with Crippen LogP contribution in [0.5, 0.6) is 5.75 Å². The predicted octanol–water partition coefficient (Wildman–Crippen LogP) is 6.35. The van der Waals surface area contributed by atoms with Gasteiger partial charge in [-0.2, -0.15) is 0 Å². The van der Waals surface area contributed by atoms with Crippen molar-refractivity contribution in [3.8, 4) is 5.75 Å². The van der Waals surface area contributed by atoms with Gasteiger partial charge < -0.3 is 24.2 Å². The van der Waals surface area contributed by atoms with Crippen LogP contribution in [0.4, 0.5) is 5.69 Å². The van der Waals surface area contributed by atoms with Crippen LogP contribution in [-0.2, 0) is 21.3 Å². The summed E-state index contributed by atoms with van der Waals surface area (Å²) in [6.07, 6.45) is 10.1. The molecule has 2 N–H and O–H groups in total. The summed E-state index contributed by atoms with van der Waals surface area (Å²) in [6.45, 7) is 5.27. The van der Waals surface area contributed by atoms with E-state index in [9.17, 15) is 9.90 Å². The van der Waals surface area contributed by atoms with Gasteiger partial charge in [0.05, 0.1) is 43.0 Å². The van der Waals surface area contributed by atoms with Gasteiger partial charge in [0.25, 0.3) is 5.91 Å². The molecule has 9 heteroatoms. The SMILES string of the molecule is CC[C@H]1SNC(=O)c2ccc3c(c2)N(C[C@@H]2CC[C@H]2[C@@H](O)/C=C\C[C@H]1OCCOC)C[C@@]1(CCCc2cc(Cl)ccc21)CO3. The normalized spacial score (nSPS) is 31.1. The number of methoxy groups -OCH3 is 1. The van der Waals surface area contributed by atoms with Gasteiger partial charge in [0.2, 0.25) is 0 Å². The Kier molecular flexibility index (Phi) is 10.1. The molecular formula is C35H45ClN2O5S. The van der Waals surface area contributed by atoms with Crippen molar-refractivity contribution in [3.63, 3.8) is 0 Å². The molecule has 2 aromatic carbocycles. The van der Waals surface area contributed by atoms with Gasteiger partial charge in [-0.15, -0.1) is 0 Å². The summed E-state index contributed by atoms with van der Waals surface area (Å²) in [4.78, 5) is 16.0. The summed E-state index contributed by atoms with van der Waals surface area (Å²) >= 11 is 7.84. The molecule has 6 atom stereocenters. The van der Waals surface area contributed by atoms with Crippen molar-refractivity contribution < 1.29 is 24.1 Å². The fourth-order valence-corrected chi connectivity index (χ4v) is 8.60.